The highest BCUT2D eigenvalue weighted by Gasteiger charge is 2.39. The van der Waals surface area contributed by atoms with Crippen molar-refractivity contribution in [1.29, 1.82) is 0 Å². The summed E-state index contributed by atoms with van der Waals surface area (Å²) < 4.78 is 16.6. The minimum Gasteiger partial charge on any atom is -0.484 e. The summed E-state index contributed by atoms with van der Waals surface area (Å²) in [5, 5.41) is 16.9. The molecular formula is C32H40ClN5O6. The highest BCUT2D eigenvalue weighted by molar-refractivity contribution is 6.30. The smallest absolute Gasteiger partial charge is 0.257 e. The van der Waals surface area contributed by atoms with Crippen LogP contribution in [0, 0.1) is 5.41 Å². The lowest BCUT2D eigenvalue weighted by Crippen LogP contribution is -2.50. The fourth-order valence-corrected chi connectivity index (χ4v) is 5.04. The zero-order chi connectivity index (χ0) is 31.2. The van der Waals surface area contributed by atoms with Gasteiger partial charge in [-0.2, -0.15) is 0 Å². The van der Waals surface area contributed by atoms with Crippen molar-refractivity contribution in [3.05, 3.63) is 70.9 Å². The van der Waals surface area contributed by atoms with Crippen molar-refractivity contribution in [3.63, 3.8) is 0 Å². The van der Waals surface area contributed by atoms with Crippen molar-refractivity contribution >= 4 is 29.3 Å². The molecule has 0 aliphatic carbocycles. The SMILES string of the molecule is COCCC1(C(=O)NCc2cc(-c3ccc(Cl)cc3)no2)CNC(=O)CCCNCCCNC(=O)COc2ccc(cc2)C1. The number of nitrogens with zero attached hydrogens (tertiary/aromatic N) is 1. The van der Waals surface area contributed by atoms with Crippen LogP contribution in [0.3, 0.4) is 0 Å². The molecule has 2 bridgehead atoms. The molecule has 2 aromatic carbocycles. The summed E-state index contributed by atoms with van der Waals surface area (Å²) in [4.78, 5) is 39.0. The van der Waals surface area contributed by atoms with Gasteiger partial charge in [-0.3, -0.25) is 14.4 Å². The number of ether oxygens (including phenoxy) is 2. The molecule has 3 heterocycles. The highest BCUT2D eigenvalue weighted by Crippen LogP contribution is 2.29. The maximum atomic E-state index is 14.0. The number of rotatable bonds is 7. The molecule has 3 amide bonds. The van der Waals surface area contributed by atoms with E-state index in [1.54, 1.807) is 37.4 Å². The molecule has 4 N–H and O–H groups in total. The number of benzene rings is 2. The van der Waals surface area contributed by atoms with E-state index in [4.69, 9.17) is 25.6 Å². The van der Waals surface area contributed by atoms with Gasteiger partial charge in [0.1, 0.15) is 11.4 Å². The van der Waals surface area contributed by atoms with Crippen molar-refractivity contribution < 1.29 is 28.4 Å². The molecule has 0 saturated carbocycles. The Bertz CT molecular complexity index is 1360. The third-order valence-corrected chi connectivity index (χ3v) is 7.71. The fourth-order valence-electron chi connectivity index (χ4n) is 4.91. The lowest BCUT2D eigenvalue weighted by molar-refractivity contribution is -0.133. The van der Waals surface area contributed by atoms with Crippen LogP contribution in [-0.2, 0) is 32.1 Å². The number of nitrogens with one attached hydrogen (secondary N) is 4. The van der Waals surface area contributed by atoms with Gasteiger partial charge in [0.25, 0.3) is 5.91 Å². The van der Waals surface area contributed by atoms with E-state index >= 15 is 0 Å². The van der Waals surface area contributed by atoms with Gasteiger partial charge in [0.05, 0.1) is 12.0 Å². The van der Waals surface area contributed by atoms with Crippen molar-refractivity contribution in [3.8, 4) is 17.0 Å². The van der Waals surface area contributed by atoms with E-state index in [-0.39, 0.29) is 37.4 Å². The van der Waals surface area contributed by atoms with Crippen LogP contribution in [0.4, 0.5) is 0 Å². The van der Waals surface area contributed by atoms with Gasteiger partial charge in [-0.25, -0.2) is 0 Å². The quantitative estimate of drug-likeness (QED) is 0.313. The normalized spacial score (nSPS) is 19.0. The molecule has 11 nitrogen and oxygen atoms in total. The Balaban J connectivity index is 1.52. The second-order valence-corrected chi connectivity index (χ2v) is 11.3. The number of amides is 3. The lowest BCUT2D eigenvalue weighted by Gasteiger charge is -2.33. The molecule has 5 rings (SSSR count). The van der Waals surface area contributed by atoms with Crippen molar-refractivity contribution in [2.75, 3.05) is 46.5 Å². The van der Waals surface area contributed by atoms with Crippen LogP contribution in [0.2, 0.25) is 5.02 Å². The summed E-state index contributed by atoms with van der Waals surface area (Å²) in [6.07, 6.45) is 2.43. The topological polar surface area (TPSA) is 144 Å². The Hall–Kier alpha value is -3.93. The Kier molecular flexibility index (Phi) is 12.6. The number of aromatic nitrogens is 1. The maximum Gasteiger partial charge on any atom is 0.257 e. The number of fused-ring (bicyclic) bond motifs is 17. The predicted molar refractivity (Wildman–Crippen MR) is 166 cm³/mol. The summed E-state index contributed by atoms with van der Waals surface area (Å²) >= 11 is 6.00. The number of methoxy groups -OCH3 is 1. The van der Waals surface area contributed by atoms with Crippen LogP contribution in [0.25, 0.3) is 11.3 Å². The summed E-state index contributed by atoms with van der Waals surface area (Å²) in [6.45, 7) is 2.40. The number of halogens is 1. The molecule has 12 heteroatoms. The van der Waals surface area contributed by atoms with Crippen LogP contribution in [0.1, 0.15) is 37.0 Å². The first kappa shape index (κ1) is 33.0. The molecule has 1 aromatic heterocycles. The van der Waals surface area contributed by atoms with Gasteiger partial charge >= 0.3 is 0 Å². The molecule has 2 aliphatic heterocycles. The Labute approximate surface area is 262 Å². The van der Waals surface area contributed by atoms with Gasteiger partial charge in [0.15, 0.2) is 12.4 Å². The number of carbonyl (C=O) groups is 3. The standard InChI is InChI=1S/C32H40ClN5O6/c1-42-17-13-32(31(41)36-20-27-18-28(38-44-27)24-7-9-25(33)10-8-24)19-23-5-11-26(12-6-23)43-21-30(40)35-16-3-15-34-14-2-4-29(39)37-22-32/h5-12,18,34H,2-4,13-17,19-22H2,1H3,(H,35,40)(H,36,41)(H,37,39). The highest BCUT2D eigenvalue weighted by atomic mass is 35.5. The Morgan fingerprint density at radius 2 is 1.80 bits per heavy atom. The van der Waals surface area contributed by atoms with Crippen LogP contribution < -0.4 is 26.0 Å². The van der Waals surface area contributed by atoms with E-state index < -0.39 is 5.41 Å². The van der Waals surface area contributed by atoms with E-state index in [0.717, 1.165) is 24.1 Å². The van der Waals surface area contributed by atoms with Gasteiger partial charge in [0.2, 0.25) is 11.8 Å². The molecule has 0 fully saturated rings. The first-order chi connectivity index (χ1) is 21.4. The van der Waals surface area contributed by atoms with E-state index in [0.29, 0.717) is 67.6 Å². The first-order valence-electron chi connectivity index (χ1n) is 14.8. The number of carbonyl (C=O) groups excluding carboxylic acids is 3. The molecule has 0 spiro atoms. The van der Waals surface area contributed by atoms with Crippen molar-refractivity contribution in [2.45, 2.75) is 38.6 Å². The van der Waals surface area contributed by atoms with Gasteiger partial charge in [-0.15, -0.1) is 0 Å². The van der Waals surface area contributed by atoms with Gasteiger partial charge in [-0.05, 0) is 68.6 Å². The summed E-state index contributed by atoms with van der Waals surface area (Å²) in [6, 6.07) is 16.3. The molecule has 44 heavy (non-hydrogen) atoms. The minimum absolute atomic E-state index is 0.0830. The van der Waals surface area contributed by atoms with Gasteiger partial charge in [-0.1, -0.05) is 41.0 Å². The monoisotopic (exact) mass is 625 g/mol. The average molecular weight is 626 g/mol. The number of hydrogen-bond donors (Lipinski definition) is 4. The Morgan fingerprint density at radius 1 is 1.02 bits per heavy atom. The molecule has 1 unspecified atom stereocenters. The van der Waals surface area contributed by atoms with E-state index in [1.165, 1.54) is 0 Å². The van der Waals surface area contributed by atoms with Crippen LogP contribution in [0.15, 0.2) is 59.1 Å². The zero-order valence-corrected chi connectivity index (χ0v) is 25.7. The van der Waals surface area contributed by atoms with Crippen molar-refractivity contribution in [1.82, 2.24) is 26.4 Å². The summed E-state index contributed by atoms with van der Waals surface area (Å²) in [5.74, 6) is 0.457. The van der Waals surface area contributed by atoms with E-state index in [1.807, 2.05) is 24.3 Å². The largest absolute Gasteiger partial charge is 0.484 e. The van der Waals surface area contributed by atoms with Gasteiger partial charge < -0.3 is 35.3 Å². The van der Waals surface area contributed by atoms with E-state index in [9.17, 15) is 14.4 Å². The third-order valence-electron chi connectivity index (χ3n) is 7.46. The molecule has 236 valence electrons. The number of hydrogen-bond acceptors (Lipinski definition) is 8. The second kappa shape index (κ2) is 16.8. The second-order valence-electron chi connectivity index (χ2n) is 10.8. The average Bonchev–Trinajstić information content (AvgIpc) is 3.51. The van der Waals surface area contributed by atoms with Crippen LogP contribution in [-0.4, -0.2) is 69.4 Å². The van der Waals surface area contributed by atoms with E-state index in [2.05, 4.69) is 26.4 Å². The zero-order valence-electron chi connectivity index (χ0n) is 25.0. The predicted octanol–water partition coefficient (Wildman–Crippen LogP) is 3.26. The minimum atomic E-state index is -1.02. The first-order valence-corrected chi connectivity index (χ1v) is 15.2. The molecule has 3 aromatic rings. The molecule has 2 aliphatic rings. The molecule has 0 radical (unpaired) electrons. The van der Waals surface area contributed by atoms with Crippen molar-refractivity contribution in [2.24, 2.45) is 5.41 Å². The summed E-state index contributed by atoms with van der Waals surface area (Å²) in [5.41, 5.74) is 1.31. The Morgan fingerprint density at radius 3 is 2.57 bits per heavy atom. The maximum absolute atomic E-state index is 14.0. The van der Waals surface area contributed by atoms with Crippen LogP contribution >= 0.6 is 11.6 Å². The lowest BCUT2D eigenvalue weighted by atomic mass is 9.77. The van der Waals surface area contributed by atoms with Crippen LogP contribution in [0.5, 0.6) is 5.75 Å². The summed E-state index contributed by atoms with van der Waals surface area (Å²) in [7, 11) is 1.58. The third kappa shape index (κ3) is 10.1. The van der Waals surface area contributed by atoms with Gasteiger partial charge in [0, 0.05) is 49.9 Å². The molecule has 1 atom stereocenters. The molecule has 0 saturated heterocycles. The molecular weight excluding hydrogens is 586 g/mol. The fraction of sp³-hybridized carbons (Fsp3) is 0.438.